The van der Waals surface area contributed by atoms with Gasteiger partial charge in [-0.2, -0.15) is 0 Å². The third-order valence-electron chi connectivity index (χ3n) is 5.90. The van der Waals surface area contributed by atoms with Crippen molar-refractivity contribution < 1.29 is 14.4 Å². The summed E-state index contributed by atoms with van der Waals surface area (Å²) < 4.78 is 12.8. The van der Waals surface area contributed by atoms with E-state index in [0.29, 0.717) is 30.0 Å². The maximum atomic E-state index is 12.8. The number of pyridine rings is 1. The third kappa shape index (κ3) is 4.49. The molecule has 0 radical (unpaired) electrons. The number of hydrogen-bond donors (Lipinski definition) is 3. The largest absolute Gasteiger partial charge is 0.336 e. The molecule has 0 amide bonds. The van der Waals surface area contributed by atoms with Gasteiger partial charge in [-0.05, 0) is 61.3 Å². The lowest BCUT2D eigenvalue weighted by Gasteiger charge is -2.37. The fourth-order valence-corrected chi connectivity index (χ4v) is 5.74. The second-order valence-corrected chi connectivity index (χ2v) is 10.3. The molecule has 160 valence electrons. The van der Waals surface area contributed by atoms with E-state index in [2.05, 4.69) is 13.8 Å². The van der Waals surface area contributed by atoms with Gasteiger partial charge in [-0.3, -0.25) is 9.55 Å². The van der Waals surface area contributed by atoms with E-state index in [1.165, 1.54) is 0 Å². The average Bonchev–Trinajstić information content (AvgIpc) is 2.63. The fraction of sp³-hybridized carbons (Fsp3) is 0.522. The van der Waals surface area contributed by atoms with Crippen molar-refractivity contribution in [1.82, 2.24) is 4.98 Å². The zero-order valence-corrected chi connectivity index (χ0v) is 19.4. The molecule has 0 spiro atoms. The van der Waals surface area contributed by atoms with E-state index in [9.17, 15) is 14.4 Å². The lowest BCUT2D eigenvalue weighted by Crippen LogP contribution is -2.29. The van der Waals surface area contributed by atoms with Crippen molar-refractivity contribution in [3.63, 3.8) is 0 Å². The van der Waals surface area contributed by atoms with Crippen LogP contribution in [0.1, 0.15) is 68.6 Å². The van der Waals surface area contributed by atoms with Crippen LogP contribution in [0.25, 0.3) is 11.1 Å². The minimum atomic E-state index is -4.47. The molecule has 0 aliphatic carbocycles. The Morgan fingerprint density at radius 1 is 1.10 bits per heavy atom. The summed E-state index contributed by atoms with van der Waals surface area (Å²) in [6, 6.07) is 8.08. The summed E-state index contributed by atoms with van der Waals surface area (Å²) in [6.07, 6.45) is 1.42. The summed E-state index contributed by atoms with van der Waals surface area (Å²) >= 11 is 0. The minimum absolute atomic E-state index is 0.274. The van der Waals surface area contributed by atoms with Gasteiger partial charge in [0.05, 0.1) is 5.16 Å². The molecule has 0 atom stereocenters. The molecule has 0 bridgehead atoms. The van der Waals surface area contributed by atoms with E-state index < -0.39 is 12.8 Å². The molecule has 6 heteroatoms. The maximum Gasteiger partial charge on any atom is 0.336 e. The van der Waals surface area contributed by atoms with Crippen LogP contribution in [0, 0.1) is 19.8 Å². The molecule has 0 fully saturated rings. The first-order valence-corrected chi connectivity index (χ1v) is 12.0. The highest BCUT2D eigenvalue weighted by Crippen LogP contribution is 2.63. The van der Waals surface area contributed by atoms with Crippen molar-refractivity contribution >= 4 is 7.60 Å². The molecule has 1 heterocycles. The molecule has 2 aromatic rings. The zero-order chi connectivity index (χ0) is 22.0. The van der Waals surface area contributed by atoms with Crippen LogP contribution in [0.2, 0.25) is 0 Å². The summed E-state index contributed by atoms with van der Waals surface area (Å²) in [6.45, 7) is 12.1. The number of rotatable bonds is 8. The first-order valence-electron chi connectivity index (χ1n) is 10.4. The Balaban J connectivity index is 3.03. The Bertz CT molecular complexity index is 897. The summed E-state index contributed by atoms with van der Waals surface area (Å²) in [5, 5.41) is -1.29. The molecule has 29 heavy (non-hydrogen) atoms. The Hall–Kier alpha value is -1.52. The second-order valence-electron chi connectivity index (χ2n) is 8.32. The van der Waals surface area contributed by atoms with Crippen LogP contribution in [0.4, 0.5) is 0 Å². The molecular weight excluding hydrogens is 383 g/mol. The number of aromatic nitrogens is 1. The van der Waals surface area contributed by atoms with Crippen LogP contribution >= 0.6 is 7.60 Å². The number of benzene rings is 1. The molecule has 0 unspecified atom stereocenters. The van der Waals surface area contributed by atoms with Crippen molar-refractivity contribution in [1.29, 1.82) is 0 Å². The van der Waals surface area contributed by atoms with Gasteiger partial charge in [0.25, 0.3) is 0 Å². The maximum absolute atomic E-state index is 12.8. The van der Waals surface area contributed by atoms with Gasteiger partial charge in [0.2, 0.25) is 0 Å². The van der Waals surface area contributed by atoms with Crippen molar-refractivity contribution in [2.75, 3.05) is 0 Å². The predicted molar refractivity (Wildman–Crippen MR) is 120 cm³/mol. The Morgan fingerprint density at radius 2 is 1.66 bits per heavy atom. The van der Waals surface area contributed by atoms with Crippen molar-refractivity contribution in [3.8, 4) is 11.1 Å². The molecule has 0 saturated carbocycles. The highest BCUT2D eigenvalue weighted by Gasteiger charge is 2.48. The van der Waals surface area contributed by atoms with Crippen molar-refractivity contribution in [2.24, 2.45) is 11.7 Å². The highest BCUT2D eigenvalue weighted by atomic mass is 31.2. The van der Waals surface area contributed by atoms with E-state index in [4.69, 9.17) is 10.7 Å². The molecule has 5 nitrogen and oxygen atoms in total. The number of hydrogen-bond acceptors (Lipinski definition) is 3. The first-order chi connectivity index (χ1) is 13.5. The van der Waals surface area contributed by atoms with E-state index in [1.54, 1.807) is 0 Å². The van der Waals surface area contributed by atoms with Gasteiger partial charge in [-0.1, -0.05) is 57.5 Å². The molecule has 2 rings (SSSR count). The molecule has 0 aliphatic heterocycles. The Kier molecular flexibility index (Phi) is 7.45. The summed E-state index contributed by atoms with van der Waals surface area (Å²) in [4.78, 5) is 25.7. The van der Waals surface area contributed by atoms with E-state index in [1.807, 2.05) is 52.0 Å². The van der Waals surface area contributed by atoms with Crippen LogP contribution in [-0.2, 0) is 22.7 Å². The van der Waals surface area contributed by atoms with Crippen LogP contribution in [0.3, 0.4) is 0 Å². The summed E-state index contributed by atoms with van der Waals surface area (Å²) in [5.74, 6) is 0.396. The summed E-state index contributed by atoms with van der Waals surface area (Å²) in [7, 11) is -4.47. The number of nitrogens with two attached hydrogens (primary N) is 1. The van der Waals surface area contributed by atoms with Crippen LogP contribution in [0.15, 0.2) is 24.3 Å². The molecule has 1 aromatic carbocycles. The Morgan fingerprint density at radius 3 is 2.07 bits per heavy atom. The Labute approximate surface area is 174 Å². The fourth-order valence-electron chi connectivity index (χ4n) is 4.35. The normalized spacial score (nSPS) is 12.6. The monoisotopic (exact) mass is 418 g/mol. The lowest BCUT2D eigenvalue weighted by molar-refractivity contribution is 0.314. The first kappa shape index (κ1) is 23.8. The van der Waals surface area contributed by atoms with Crippen molar-refractivity contribution in [2.45, 2.75) is 72.5 Å². The average molecular weight is 419 g/mol. The van der Waals surface area contributed by atoms with Gasteiger partial charge in [-0.25, -0.2) is 0 Å². The lowest BCUT2D eigenvalue weighted by atomic mass is 9.81. The van der Waals surface area contributed by atoms with E-state index in [0.717, 1.165) is 34.4 Å². The van der Waals surface area contributed by atoms with E-state index >= 15 is 0 Å². The molecule has 0 aliphatic rings. The third-order valence-corrected chi connectivity index (χ3v) is 7.87. The smallest absolute Gasteiger partial charge is 0.326 e. The van der Waals surface area contributed by atoms with Gasteiger partial charge >= 0.3 is 7.60 Å². The van der Waals surface area contributed by atoms with Gasteiger partial charge in [-0.15, -0.1) is 0 Å². The molecular formula is C23H35N2O3P. The predicted octanol–water partition coefficient (Wildman–Crippen LogP) is 5.22. The molecule has 0 saturated heterocycles. The second kappa shape index (κ2) is 9.09. The zero-order valence-electron chi connectivity index (χ0n) is 18.5. The van der Waals surface area contributed by atoms with Crippen molar-refractivity contribution in [3.05, 3.63) is 52.3 Å². The standard InChI is InChI=1S/C23H35N2O3P/c1-7-23(8-2,29(26,27)28)22-17(6)25-20(13-15(3)4)19(14-24)21(22)18-11-9-16(5)10-12-18/h9-12,15H,7-8,13-14,24H2,1-6H3,(H2,26,27,28). The quantitative estimate of drug-likeness (QED) is 0.511. The molecule has 4 N–H and O–H groups in total. The minimum Gasteiger partial charge on any atom is -0.326 e. The number of aryl methyl sites for hydroxylation is 2. The van der Waals surface area contributed by atoms with Gasteiger partial charge in [0, 0.05) is 17.9 Å². The van der Waals surface area contributed by atoms with E-state index in [-0.39, 0.29) is 6.54 Å². The van der Waals surface area contributed by atoms with Gasteiger partial charge in [0.15, 0.2) is 0 Å². The summed E-state index contributed by atoms with van der Waals surface area (Å²) in [5.41, 5.74) is 12.3. The van der Waals surface area contributed by atoms with Gasteiger partial charge in [0.1, 0.15) is 0 Å². The topological polar surface area (TPSA) is 96.4 Å². The van der Waals surface area contributed by atoms with Gasteiger partial charge < -0.3 is 15.5 Å². The van der Waals surface area contributed by atoms with Crippen LogP contribution in [0.5, 0.6) is 0 Å². The molecule has 1 aromatic heterocycles. The van der Waals surface area contributed by atoms with Crippen LogP contribution in [-0.4, -0.2) is 14.8 Å². The van der Waals surface area contributed by atoms with Crippen LogP contribution < -0.4 is 5.73 Å². The number of nitrogens with zero attached hydrogens (tertiary/aromatic N) is 1. The SMILES string of the molecule is CCC(CC)(c1c(C)nc(CC(C)C)c(CN)c1-c1ccc(C)cc1)P(=O)(O)O. The highest BCUT2D eigenvalue weighted by molar-refractivity contribution is 7.53.